The van der Waals surface area contributed by atoms with Crippen LogP contribution in [0.15, 0.2) is 24.3 Å². The van der Waals surface area contributed by atoms with Crippen LogP contribution in [-0.4, -0.2) is 28.9 Å². The van der Waals surface area contributed by atoms with Gasteiger partial charge in [0.15, 0.2) is 0 Å². The first-order chi connectivity index (χ1) is 10.4. The summed E-state index contributed by atoms with van der Waals surface area (Å²) in [7, 11) is 0. The fraction of sp³-hybridized carbons (Fsp3) is 0.438. The minimum absolute atomic E-state index is 0.0235. The number of fused-ring (bicyclic) bond motifs is 1. The van der Waals surface area contributed by atoms with Crippen LogP contribution < -0.4 is 10.6 Å². The van der Waals surface area contributed by atoms with Gasteiger partial charge in [-0.1, -0.05) is 38.5 Å². The molecule has 2 rings (SSSR count). The molecule has 1 aliphatic rings. The quantitative estimate of drug-likeness (QED) is 0.772. The van der Waals surface area contributed by atoms with Crippen molar-refractivity contribution < 1.29 is 19.5 Å². The van der Waals surface area contributed by atoms with Gasteiger partial charge < -0.3 is 15.7 Å². The van der Waals surface area contributed by atoms with Crippen molar-refractivity contribution in [2.45, 2.75) is 38.6 Å². The predicted octanol–water partition coefficient (Wildman–Crippen LogP) is 1.73. The SMILES string of the molecule is CC[C@H](C)[C@H](NC(=O)C1CC(=O)Nc2ccccc21)C(=O)O. The minimum atomic E-state index is -1.06. The monoisotopic (exact) mass is 304 g/mol. The summed E-state index contributed by atoms with van der Waals surface area (Å²) >= 11 is 0. The Morgan fingerprint density at radius 1 is 1.41 bits per heavy atom. The van der Waals surface area contributed by atoms with Crippen LogP contribution in [0.25, 0.3) is 0 Å². The molecule has 0 aromatic heterocycles. The molecule has 0 spiro atoms. The van der Waals surface area contributed by atoms with Crippen LogP contribution in [0, 0.1) is 5.92 Å². The Labute approximate surface area is 128 Å². The third-order valence-electron chi connectivity index (χ3n) is 4.09. The molecule has 0 saturated carbocycles. The van der Waals surface area contributed by atoms with Crippen molar-refractivity contribution in [1.82, 2.24) is 5.32 Å². The Morgan fingerprint density at radius 2 is 2.09 bits per heavy atom. The lowest BCUT2D eigenvalue weighted by molar-refractivity contribution is -0.143. The number of hydrogen-bond acceptors (Lipinski definition) is 3. The van der Waals surface area contributed by atoms with Gasteiger partial charge in [0.05, 0.1) is 5.92 Å². The summed E-state index contributed by atoms with van der Waals surface area (Å²) in [5.74, 6) is -2.56. The third-order valence-corrected chi connectivity index (χ3v) is 4.09. The van der Waals surface area contributed by atoms with Crippen LogP contribution in [-0.2, 0) is 14.4 Å². The molecule has 2 amide bonds. The van der Waals surface area contributed by atoms with Gasteiger partial charge in [0.2, 0.25) is 11.8 Å². The largest absolute Gasteiger partial charge is 0.480 e. The van der Waals surface area contributed by atoms with Gasteiger partial charge in [-0.15, -0.1) is 0 Å². The van der Waals surface area contributed by atoms with Gasteiger partial charge in [-0.3, -0.25) is 9.59 Å². The number of rotatable bonds is 5. The van der Waals surface area contributed by atoms with Gasteiger partial charge in [-0.25, -0.2) is 4.79 Å². The van der Waals surface area contributed by atoms with Crippen molar-refractivity contribution in [3.63, 3.8) is 0 Å². The molecule has 1 aromatic rings. The summed E-state index contributed by atoms with van der Waals surface area (Å²) in [5.41, 5.74) is 1.32. The maximum atomic E-state index is 12.5. The molecule has 0 saturated heterocycles. The van der Waals surface area contributed by atoms with E-state index in [9.17, 15) is 19.5 Å². The van der Waals surface area contributed by atoms with Gasteiger partial charge in [0.25, 0.3) is 0 Å². The van der Waals surface area contributed by atoms with Gasteiger partial charge in [0.1, 0.15) is 6.04 Å². The second-order valence-electron chi connectivity index (χ2n) is 5.60. The number of nitrogens with one attached hydrogen (secondary N) is 2. The average molecular weight is 304 g/mol. The summed E-state index contributed by atoms with van der Waals surface area (Å²) in [4.78, 5) is 35.6. The number of aliphatic carboxylic acids is 1. The Hall–Kier alpha value is -2.37. The number of hydrogen-bond donors (Lipinski definition) is 3. The Morgan fingerprint density at radius 3 is 2.73 bits per heavy atom. The van der Waals surface area contributed by atoms with E-state index in [2.05, 4.69) is 10.6 Å². The molecule has 118 valence electrons. The first kappa shape index (κ1) is 16.0. The van der Waals surface area contributed by atoms with Crippen molar-refractivity contribution in [3.8, 4) is 0 Å². The third kappa shape index (κ3) is 3.27. The number of carbonyl (C=O) groups excluding carboxylic acids is 2. The first-order valence-electron chi connectivity index (χ1n) is 7.36. The molecule has 6 nitrogen and oxygen atoms in total. The number of anilines is 1. The second-order valence-corrected chi connectivity index (χ2v) is 5.60. The van der Waals surface area contributed by atoms with E-state index in [0.717, 1.165) is 0 Å². The van der Waals surface area contributed by atoms with E-state index < -0.39 is 23.8 Å². The molecule has 22 heavy (non-hydrogen) atoms. The van der Waals surface area contributed by atoms with Gasteiger partial charge in [-0.2, -0.15) is 0 Å². The maximum absolute atomic E-state index is 12.5. The maximum Gasteiger partial charge on any atom is 0.326 e. The predicted molar refractivity (Wildman–Crippen MR) is 81.5 cm³/mol. The first-order valence-corrected chi connectivity index (χ1v) is 7.36. The van der Waals surface area contributed by atoms with E-state index in [4.69, 9.17) is 0 Å². The van der Waals surface area contributed by atoms with Gasteiger partial charge in [-0.05, 0) is 17.5 Å². The average Bonchev–Trinajstić information content (AvgIpc) is 2.50. The molecule has 3 N–H and O–H groups in total. The van der Waals surface area contributed by atoms with E-state index in [-0.39, 0.29) is 18.2 Å². The number of benzene rings is 1. The Balaban J connectivity index is 2.22. The minimum Gasteiger partial charge on any atom is -0.480 e. The fourth-order valence-electron chi connectivity index (χ4n) is 2.58. The van der Waals surface area contributed by atoms with E-state index in [1.165, 1.54) is 0 Å². The van der Waals surface area contributed by atoms with Crippen LogP contribution >= 0.6 is 0 Å². The lowest BCUT2D eigenvalue weighted by Gasteiger charge is -2.27. The fourth-order valence-corrected chi connectivity index (χ4v) is 2.58. The van der Waals surface area contributed by atoms with Crippen LogP contribution in [0.1, 0.15) is 38.2 Å². The number of amides is 2. The van der Waals surface area contributed by atoms with Crippen molar-refractivity contribution in [2.24, 2.45) is 5.92 Å². The smallest absolute Gasteiger partial charge is 0.326 e. The van der Waals surface area contributed by atoms with Crippen LogP contribution in [0.3, 0.4) is 0 Å². The molecular formula is C16H20N2O4. The number of para-hydroxylation sites is 1. The molecule has 6 heteroatoms. The molecule has 0 aliphatic carbocycles. The highest BCUT2D eigenvalue weighted by Gasteiger charge is 2.34. The highest BCUT2D eigenvalue weighted by Crippen LogP contribution is 2.32. The summed E-state index contributed by atoms with van der Waals surface area (Å²) in [6.07, 6.45) is 0.661. The summed E-state index contributed by atoms with van der Waals surface area (Å²) in [6.45, 7) is 3.65. The topological polar surface area (TPSA) is 95.5 Å². The number of carbonyl (C=O) groups is 3. The second kappa shape index (κ2) is 6.60. The lowest BCUT2D eigenvalue weighted by atomic mass is 9.89. The van der Waals surface area contributed by atoms with Gasteiger partial charge in [0, 0.05) is 12.1 Å². The zero-order valence-corrected chi connectivity index (χ0v) is 12.6. The van der Waals surface area contributed by atoms with Crippen LogP contribution in [0.5, 0.6) is 0 Å². The van der Waals surface area contributed by atoms with Crippen molar-refractivity contribution in [2.75, 3.05) is 5.32 Å². The van der Waals surface area contributed by atoms with E-state index in [0.29, 0.717) is 17.7 Å². The normalized spacial score (nSPS) is 19.5. The highest BCUT2D eigenvalue weighted by atomic mass is 16.4. The molecule has 1 aliphatic heterocycles. The van der Waals surface area contributed by atoms with Crippen molar-refractivity contribution in [1.29, 1.82) is 0 Å². The summed E-state index contributed by atoms with van der Waals surface area (Å²) < 4.78 is 0. The molecule has 1 unspecified atom stereocenters. The zero-order valence-electron chi connectivity index (χ0n) is 12.6. The highest BCUT2D eigenvalue weighted by molar-refractivity contribution is 6.01. The van der Waals surface area contributed by atoms with E-state index >= 15 is 0 Å². The van der Waals surface area contributed by atoms with E-state index in [1.807, 2.05) is 6.92 Å². The molecule has 1 aromatic carbocycles. The number of carboxylic acid groups (broad SMARTS) is 1. The standard InChI is InChI=1S/C16H20N2O4/c1-3-9(2)14(16(21)22)18-15(20)11-8-13(19)17-12-7-5-4-6-10(11)12/h4-7,9,11,14H,3,8H2,1-2H3,(H,17,19)(H,18,20)(H,21,22)/t9-,11?,14-/m0/s1. The number of carboxylic acids is 1. The Kier molecular flexibility index (Phi) is 4.80. The lowest BCUT2D eigenvalue weighted by Crippen LogP contribution is -2.47. The van der Waals surface area contributed by atoms with Crippen molar-refractivity contribution in [3.05, 3.63) is 29.8 Å². The van der Waals surface area contributed by atoms with Gasteiger partial charge >= 0.3 is 5.97 Å². The summed E-state index contributed by atoms with van der Waals surface area (Å²) in [6, 6.07) is 6.13. The Bertz CT molecular complexity index is 600. The van der Waals surface area contributed by atoms with E-state index in [1.54, 1.807) is 31.2 Å². The molecule has 0 bridgehead atoms. The summed E-state index contributed by atoms with van der Waals surface area (Å²) in [5, 5.41) is 14.6. The van der Waals surface area contributed by atoms with Crippen molar-refractivity contribution >= 4 is 23.5 Å². The molecule has 0 fully saturated rings. The molecule has 0 radical (unpaired) electrons. The van der Waals surface area contributed by atoms with Crippen LogP contribution in [0.4, 0.5) is 5.69 Å². The molecule has 1 heterocycles. The zero-order chi connectivity index (χ0) is 16.3. The molecule has 3 atom stereocenters. The molecular weight excluding hydrogens is 284 g/mol. The van der Waals surface area contributed by atoms with Crippen LogP contribution in [0.2, 0.25) is 0 Å².